The van der Waals surface area contributed by atoms with Crippen molar-refractivity contribution in [3.8, 4) is 0 Å². The zero-order chi connectivity index (χ0) is 20.7. The Morgan fingerprint density at radius 3 is 2.52 bits per heavy atom. The zero-order valence-corrected chi connectivity index (χ0v) is 16.6. The van der Waals surface area contributed by atoms with Gasteiger partial charge in [-0.05, 0) is 42.2 Å². The van der Waals surface area contributed by atoms with Crippen LogP contribution in [0.1, 0.15) is 53.6 Å². The number of benzene rings is 2. The number of hydrogen-bond acceptors (Lipinski definition) is 4. The van der Waals surface area contributed by atoms with Gasteiger partial charge >= 0.3 is 5.97 Å². The van der Waals surface area contributed by atoms with Gasteiger partial charge in [0.15, 0.2) is 0 Å². The quantitative estimate of drug-likeness (QED) is 0.679. The number of rotatable bonds is 8. The SMILES string of the molecule is COC1(c2cc(F)cc(C(=O)NCCC(=O)OCc3ccccc3)c2)CCCC1. The van der Waals surface area contributed by atoms with E-state index in [4.69, 9.17) is 9.47 Å². The van der Waals surface area contributed by atoms with Gasteiger partial charge in [0.05, 0.1) is 12.0 Å². The van der Waals surface area contributed by atoms with Crippen LogP contribution in [0.25, 0.3) is 0 Å². The van der Waals surface area contributed by atoms with Crippen molar-refractivity contribution in [3.63, 3.8) is 0 Å². The number of carbonyl (C=O) groups excluding carboxylic acids is 2. The molecular weight excluding hydrogens is 373 g/mol. The fraction of sp³-hybridized carbons (Fsp3) is 0.391. The summed E-state index contributed by atoms with van der Waals surface area (Å²) in [7, 11) is 1.62. The van der Waals surface area contributed by atoms with Crippen molar-refractivity contribution < 1.29 is 23.5 Å². The summed E-state index contributed by atoms with van der Waals surface area (Å²) in [5.41, 5.74) is 1.28. The first kappa shape index (κ1) is 21.0. The van der Waals surface area contributed by atoms with Gasteiger partial charge < -0.3 is 14.8 Å². The second-order valence-corrected chi connectivity index (χ2v) is 7.29. The van der Waals surface area contributed by atoms with Gasteiger partial charge in [-0.25, -0.2) is 4.39 Å². The third kappa shape index (κ3) is 5.41. The van der Waals surface area contributed by atoms with Crippen molar-refractivity contribution in [1.29, 1.82) is 0 Å². The van der Waals surface area contributed by atoms with Crippen LogP contribution in [0.3, 0.4) is 0 Å². The van der Waals surface area contributed by atoms with E-state index in [-0.39, 0.29) is 25.1 Å². The summed E-state index contributed by atoms with van der Waals surface area (Å²) < 4.78 is 25.0. The number of hydrogen-bond donors (Lipinski definition) is 1. The molecule has 2 aromatic rings. The predicted octanol–water partition coefficient (Wildman–Crippen LogP) is 4.10. The summed E-state index contributed by atoms with van der Waals surface area (Å²) in [6.45, 7) is 0.313. The van der Waals surface area contributed by atoms with Crippen LogP contribution >= 0.6 is 0 Å². The molecule has 154 valence electrons. The van der Waals surface area contributed by atoms with Crippen LogP contribution < -0.4 is 5.32 Å². The number of ether oxygens (including phenoxy) is 2. The highest BCUT2D eigenvalue weighted by Gasteiger charge is 2.36. The van der Waals surface area contributed by atoms with Gasteiger partial charge in [0, 0.05) is 19.2 Å². The third-order valence-corrected chi connectivity index (χ3v) is 5.35. The Morgan fingerprint density at radius 1 is 1.10 bits per heavy atom. The highest BCUT2D eigenvalue weighted by Crippen LogP contribution is 2.42. The Kier molecular flexibility index (Phi) is 6.99. The average molecular weight is 399 g/mol. The Morgan fingerprint density at radius 2 is 1.83 bits per heavy atom. The molecule has 0 aromatic heterocycles. The first-order chi connectivity index (χ1) is 14.0. The molecule has 6 heteroatoms. The van der Waals surface area contributed by atoms with E-state index >= 15 is 0 Å². The number of carbonyl (C=O) groups is 2. The smallest absolute Gasteiger partial charge is 0.307 e. The molecule has 2 aromatic carbocycles. The topological polar surface area (TPSA) is 64.6 Å². The molecule has 5 nitrogen and oxygen atoms in total. The van der Waals surface area contributed by atoms with Crippen molar-refractivity contribution in [2.45, 2.75) is 44.3 Å². The molecule has 0 atom stereocenters. The Bertz CT molecular complexity index is 847. The summed E-state index contributed by atoms with van der Waals surface area (Å²) in [6, 6.07) is 13.7. The molecule has 0 heterocycles. The minimum Gasteiger partial charge on any atom is -0.461 e. The van der Waals surface area contributed by atoms with Gasteiger partial charge in [-0.1, -0.05) is 43.2 Å². The molecule has 1 fully saturated rings. The van der Waals surface area contributed by atoms with Crippen LogP contribution in [-0.4, -0.2) is 25.5 Å². The van der Waals surface area contributed by atoms with Crippen molar-refractivity contribution in [2.24, 2.45) is 0 Å². The van der Waals surface area contributed by atoms with E-state index < -0.39 is 23.3 Å². The van der Waals surface area contributed by atoms with Gasteiger partial charge in [0.1, 0.15) is 12.4 Å². The Balaban J connectivity index is 1.53. The molecule has 1 aliphatic carbocycles. The van der Waals surface area contributed by atoms with Crippen LogP contribution in [0.15, 0.2) is 48.5 Å². The standard InChI is InChI=1S/C23H26FNO4/c1-28-23(10-5-6-11-23)19-13-18(14-20(24)15-19)22(27)25-12-9-21(26)29-16-17-7-3-2-4-8-17/h2-4,7-8,13-15H,5-6,9-12,16H2,1H3,(H,25,27). The second kappa shape index (κ2) is 9.65. The molecule has 0 bridgehead atoms. The van der Waals surface area contributed by atoms with Gasteiger partial charge in [-0.2, -0.15) is 0 Å². The van der Waals surface area contributed by atoms with Gasteiger partial charge in [0.2, 0.25) is 0 Å². The van der Waals surface area contributed by atoms with Crippen LogP contribution in [0, 0.1) is 5.82 Å². The van der Waals surface area contributed by atoms with E-state index in [0.29, 0.717) is 5.56 Å². The maximum absolute atomic E-state index is 14.2. The van der Waals surface area contributed by atoms with E-state index in [2.05, 4.69) is 5.32 Å². The molecule has 29 heavy (non-hydrogen) atoms. The first-order valence-electron chi connectivity index (χ1n) is 9.86. The van der Waals surface area contributed by atoms with Gasteiger partial charge in [0.25, 0.3) is 5.91 Å². The van der Waals surface area contributed by atoms with Crippen molar-refractivity contribution in [3.05, 3.63) is 71.0 Å². The molecule has 1 N–H and O–H groups in total. The molecule has 0 aliphatic heterocycles. The molecule has 0 spiro atoms. The molecular formula is C23H26FNO4. The number of halogens is 1. The number of esters is 1. The lowest BCUT2D eigenvalue weighted by Gasteiger charge is -2.28. The third-order valence-electron chi connectivity index (χ3n) is 5.35. The summed E-state index contributed by atoms with van der Waals surface area (Å²) in [4.78, 5) is 24.3. The number of methoxy groups -OCH3 is 1. The number of nitrogens with one attached hydrogen (secondary N) is 1. The summed E-state index contributed by atoms with van der Waals surface area (Å²) >= 11 is 0. The first-order valence-corrected chi connectivity index (χ1v) is 9.86. The van der Waals surface area contributed by atoms with Crippen LogP contribution in [0.5, 0.6) is 0 Å². The summed E-state index contributed by atoms with van der Waals surface area (Å²) in [5.74, 6) is -1.30. The fourth-order valence-electron chi connectivity index (χ4n) is 3.73. The second-order valence-electron chi connectivity index (χ2n) is 7.29. The van der Waals surface area contributed by atoms with E-state index in [1.54, 1.807) is 13.2 Å². The molecule has 0 unspecified atom stereocenters. The Hall–Kier alpha value is -2.73. The molecule has 0 radical (unpaired) electrons. The molecule has 1 saturated carbocycles. The zero-order valence-electron chi connectivity index (χ0n) is 16.6. The summed E-state index contributed by atoms with van der Waals surface area (Å²) in [5, 5.41) is 2.66. The van der Waals surface area contributed by atoms with E-state index in [1.807, 2.05) is 30.3 Å². The normalized spacial score (nSPS) is 15.1. The Labute approximate surface area is 170 Å². The maximum atomic E-state index is 14.2. The lowest BCUT2D eigenvalue weighted by atomic mass is 9.90. The van der Waals surface area contributed by atoms with E-state index in [1.165, 1.54) is 12.1 Å². The van der Waals surface area contributed by atoms with Gasteiger partial charge in [-0.15, -0.1) is 0 Å². The average Bonchev–Trinajstić information content (AvgIpc) is 3.23. The minimum absolute atomic E-state index is 0.0444. The molecule has 0 saturated heterocycles. The lowest BCUT2D eigenvalue weighted by Crippen LogP contribution is -2.28. The highest BCUT2D eigenvalue weighted by molar-refractivity contribution is 5.94. The van der Waals surface area contributed by atoms with Crippen LogP contribution in [0.4, 0.5) is 4.39 Å². The molecule has 3 rings (SSSR count). The fourth-order valence-corrected chi connectivity index (χ4v) is 3.73. The lowest BCUT2D eigenvalue weighted by molar-refractivity contribution is -0.144. The van der Waals surface area contributed by atoms with Gasteiger partial charge in [-0.3, -0.25) is 9.59 Å². The highest BCUT2D eigenvalue weighted by atomic mass is 19.1. The monoisotopic (exact) mass is 399 g/mol. The largest absolute Gasteiger partial charge is 0.461 e. The van der Waals surface area contributed by atoms with Crippen molar-refractivity contribution in [1.82, 2.24) is 5.32 Å². The van der Waals surface area contributed by atoms with Crippen LogP contribution in [-0.2, 0) is 26.5 Å². The summed E-state index contributed by atoms with van der Waals surface area (Å²) in [6.07, 6.45) is 3.68. The van der Waals surface area contributed by atoms with Crippen molar-refractivity contribution in [2.75, 3.05) is 13.7 Å². The van der Waals surface area contributed by atoms with Crippen molar-refractivity contribution >= 4 is 11.9 Å². The molecule has 1 amide bonds. The maximum Gasteiger partial charge on any atom is 0.307 e. The number of amides is 1. The van der Waals surface area contributed by atoms with Crippen LogP contribution in [0.2, 0.25) is 0 Å². The minimum atomic E-state index is -0.529. The predicted molar refractivity (Wildman–Crippen MR) is 107 cm³/mol. The molecule has 1 aliphatic rings. The van der Waals surface area contributed by atoms with E-state index in [0.717, 1.165) is 31.2 Å². The van der Waals surface area contributed by atoms with E-state index in [9.17, 15) is 14.0 Å².